The van der Waals surface area contributed by atoms with Crippen LogP contribution in [0.25, 0.3) is 0 Å². The van der Waals surface area contributed by atoms with E-state index in [0.717, 1.165) is 25.3 Å². The second kappa shape index (κ2) is 5.79. The van der Waals surface area contributed by atoms with Crippen LogP contribution < -0.4 is 0 Å². The molecule has 0 amide bonds. The zero-order valence-corrected chi connectivity index (χ0v) is 10.7. The molecule has 0 spiro atoms. The van der Waals surface area contributed by atoms with Gasteiger partial charge in [0.05, 0.1) is 18.4 Å². The van der Waals surface area contributed by atoms with Crippen LogP contribution >= 0.6 is 0 Å². The van der Waals surface area contributed by atoms with Crippen molar-refractivity contribution in [2.24, 2.45) is 0 Å². The van der Waals surface area contributed by atoms with Crippen LogP contribution in [0.5, 0.6) is 0 Å². The maximum Gasteiger partial charge on any atom is 0.335 e. The van der Waals surface area contributed by atoms with Crippen molar-refractivity contribution in [1.82, 2.24) is 0 Å². The van der Waals surface area contributed by atoms with Crippen molar-refractivity contribution in [3.8, 4) is 0 Å². The Balaban J connectivity index is 3.02. The number of aromatic carboxylic acids is 1. The van der Waals surface area contributed by atoms with Gasteiger partial charge in [-0.1, -0.05) is 0 Å². The Morgan fingerprint density at radius 3 is 2.53 bits per heavy atom. The van der Waals surface area contributed by atoms with Crippen molar-refractivity contribution < 1.29 is 32.2 Å². The lowest BCUT2D eigenvalue weighted by Gasteiger charge is -2.06. The lowest BCUT2D eigenvalue weighted by molar-refractivity contribution is -0.137. The molecule has 1 aromatic carbocycles. The van der Waals surface area contributed by atoms with Gasteiger partial charge in [0.25, 0.3) is 0 Å². The molecule has 1 rings (SSSR count). The molecule has 0 radical (unpaired) electrons. The van der Waals surface area contributed by atoms with Gasteiger partial charge in [0.15, 0.2) is 9.84 Å². The number of methoxy groups -OCH3 is 1. The van der Waals surface area contributed by atoms with E-state index in [0.29, 0.717) is 0 Å². The number of carbonyl (C=O) groups is 2. The second-order valence-electron chi connectivity index (χ2n) is 3.72. The number of sulfone groups is 1. The number of carboxylic acids is 1. The van der Waals surface area contributed by atoms with Crippen LogP contribution in [-0.4, -0.2) is 38.3 Å². The molecular weight excluding hydrogens is 279 g/mol. The summed E-state index contributed by atoms with van der Waals surface area (Å²) < 4.78 is 40.8. The summed E-state index contributed by atoms with van der Waals surface area (Å²) in [4.78, 5) is 21.6. The highest BCUT2D eigenvalue weighted by Gasteiger charge is 2.20. The van der Waals surface area contributed by atoms with E-state index < -0.39 is 39.1 Å². The normalized spacial score (nSPS) is 11.1. The van der Waals surface area contributed by atoms with Crippen molar-refractivity contribution in [3.63, 3.8) is 0 Å². The van der Waals surface area contributed by atoms with E-state index in [-0.39, 0.29) is 11.1 Å². The Labute approximate surface area is 108 Å². The number of halogens is 1. The van der Waals surface area contributed by atoms with E-state index in [1.165, 1.54) is 0 Å². The van der Waals surface area contributed by atoms with Gasteiger partial charge in [-0.25, -0.2) is 17.6 Å². The molecule has 0 unspecified atom stereocenters. The fourth-order valence-electron chi connectivity index (χ4n) is 1.34. The summed E-state index contributed by atoms with van der Waals surface area (Å²) in [6.07, 6.45) is 0. The molecule has 0 aromatic heterocycles. The van der Waals surface area contributed by atoms with E-state index >= 15 is 0 Å². The first kappa shape index (κ1) is 15.1. The van der Waals surface area contributed by atoms with Crippen LogP contribution in [0.15, 0.2) is 18.2 Å². The molecule has 0 bridgehead atoms. The van der Waals surface area contributed by atoms with Crippen LogP contribution in [-0.2, 0) is 25.1 Å². The average molecular weight is 290 g/mol. The predicted molar refractivity (Wildman–Crippen MR) is 62.9 cm³/mol. The molecule has 8 heteroatoms. The largest absolute Gasteiger partial charge is 0.478 e. The molecular formula is C11H11FO6S. The Kier molecular flexibility index (Phi) is 4.60. The smallest absolute Gasteiger partial charge is 0.335 e. The Morgan fingerprint density at radius 1 is 1.37 bits per heavy atom. The quantitative estimate of drug-likeness (QED) is 0.798. The fraction of sp³-hybridized carbons (Fsp3) is 0.273. The molecule has 0 heterocycles. The van der Waals surface area contributed by atoms with Crippen molar-refractivity contribution in [2.45, 2.75) is 5.75 Å². The molecule has 0 saturated heterocycles. The third kappa shape index (κ3) is 4.32. The van der Waals surface area contributed by atoms with E-state index in [4.69, 9.17) is 5.11 Å². The number of benzene rings is 1. The summed E-state index contributed by atoms with van der Waals surface area (Å²) >= 11 is 0. The van der Waals surface area contributed by atoms with Gasteiger partial charge in [-0.2, -0.15) is 0 Å². The van der Waals surface area contributed by atoms with Gasteiger partial charge in [-0.15, -0.1) is 0 Å². The highest BCUT2D eigenvalue weighted by atomic mass is 32.2. The van der Waals surface area contributed by atoms with Gasteiger partial charge in [-0.05, 0) is 18.2 Å². The number of hydrogen-bond donors (Lipinski definition) is 1. The minimum absolute atomic E-state index is 0.232. The molecule has 0 saturated carbocycles. The molecule has 0 aliphatic carbocycles. The summed E-state index contributed by atoms with van der Waals surface area (Å²) in [6.45, 7) is 0. The van der Waals surface area contributed by atoms with Crippen molar-refractivity contribution in [2.75, 3.05) is 12.9 Å². The molecule has 19 heavy (non-hydrogen) atoms. The fourth-order valence-corrected chi connectivity index (χ4v) is 2.62. The third-order valence-corrected chi connectivity index (χ3v) is 3.66. The van der Waals surface area contributed by atoms with Gasteiger partial charge < -0.3 is 9.84 Å². The van der Waals surface area contributed by atoms with Gasteiger partial charge in [0.2, 0.25) is 0 Å². The minimum Gasteiger partial charge on any atom is -0.478 e. The topological polar surface area (TPSA) is 97.7 Å². The first-order chi connectivity index (χ1) is 8.75. The first-order valence-electron chi connectivity index (χ1n) is 5.04. The first-order valence-corrected chi connectivity index (χ1v) is 6.86. The van der Waals surface area contributed by atoms with Crippen LogP contribution in [0.4, 0.5) is 4.39 Å². The molecule has 0 aliphatic heterocycles. The van der Waals surface area contributed by atoms with Gasteiger partial charge >= 0.3 is 11.9 Å². The van der Waals surface area contributed by atoms with Crippen LogP contribution in [0, 0.1) is 5.82 Å². The highest BCUT2D eigenvalue weighted by Crippen LogP contribution is 2.14. The number of ether oxygens (including phenoxy) is 1. The number of hydrogen-bond acceptors (Lipinski definition) is 5. The van der Waals surface area contributed by atoms with E-state index in [2.05, 4.69) is 4.74 Å². The molecule has 104 valence electrons. The van der Waals surface area contributed by atoms with Crippen LogP contribution in [0.2, 0.25) is 0 Å². The molecule has 6 nitrogen and oxygen atoms in total. The van der Waals surface area contributed by atoms with Crippen LogP contribution in [0.3, 0.4) is 0 Å². The monoisotopic (exact) mass is 290 g/mol. The van der Waals surface area contributed by atoms with Gasteiger partial charge in [0, 0.05) is 5.56 Å². The number of carbonyl (C=O) groups excluding carboxylic acids is 1. The summed E-state index contributed by atoms with van der Waals surface area (Å²) in [6, 6.07) is 2.81. The Hall–Kier alpha value is -1.96. The maximum absolute atomic E-state index is 13.4. The lowest BCUT2D eigenvalue weighted by Crippen LogP contribution is -2.19. The summed E-state index contributed by atoms with van der Waals surface area (Å²) in [7, 11) is -2.89. The molecule has 0 aliphatic rings. The number of esters is 1. The minimum atomic E-state index is -3.92. The van der Waals surface area contributed by atoms with E-state index in [1.54, 1.807) is 0 Å². The lowest BCUT2D eigenvalue weighted by atomic mass is 10.1. The zero-order chi connectivity index (χ0) is 14.6. The number of rotatable bonds is 5. The Bertz CT molecular complexity index is 608. The molecule has 1 aromatic rings. The molecule has 0 atom stereocenters. The Morgan fingerprint density at radius 2 is 2.00 bits per heavy atom. The third-order valence-electron chi connectivity index (χ3n) is 2.23. The zero-order valence-electron chi connectivity index (χ0n) is 9.92. The van der Waals surface area contributed by atoms with E-state index in [1.807, 2.05) is 0 Å². The van der Waals surface area contributed by atoms with Gasteiger partial charge in [-0.3, -0.25) is 4.79 Å². The average Bonchev–Trinajstić information content (AvgIpc) is 2.30. The maximum atomic E-state index is 13.4. The van der Waals surface area contributed by atoms with Crippen molar-refractivity contribution in [3.05, 3.63) is 35.1 Å². The summed E-state index contributed by atoms with van der Waals surface area (Å²) in [5, 5.41) is 8.74. The summed E-state index contributed by atoms with van der Waals surface area (Å²) in [5.74, 6) is -4.77. The highest BCUT2D eigenvalue weighted by molar-refractivity contribution is 7.91. The second-order valence-corrected chi connectivity index (χ2v) is 5.78. The predicted octanol–water partition coefficient (Wildman–Crippen LogP) is 0.612. The van der Waals surface area contributed by atoms with Crippen molar-refractivity contribution in [1.29, 1.82) is 0 Å². The SMILES string of the molecule is COC(=O)CS(=O)(=O)Cc1cc(C(=O)O)ccc1F. The molecule has 0 fully saturated rings. The number of carboxylic acid groups (broad SMARTS) is 1. The van der Waals surface area contributed by atoms with Gasteiger partial charge in [0.1, 0.15) is 11.6 Å². The van der Waals surface area contributed by atoms with E-state index in [9.17, 15) is 22.4 Å². The standard InChI is InChI=1S/C11H11FO6S/c1-18-10(13)6-19(16,17)5-8-4-7(11(14)15)2-3-9(8)12/h2-4H,5-6H2,1H3,(H,14,15). The van der Waals surface area contributed by atoms with Crippen LogP contribution in [0.1, 0.15) is 15.9 Å². The van der Waals surface area contributed by atoms with Crippen molar-refractivity contribution >= 4 is 21.8 Å². The summed E-state index contributed by atoms with van der Waals surface area (Å²) in [5.41, 5.74) is -0.534. The molecule has 1 N–H and O–H groups in total.